The fourth-order valence-corrected chi connectivity index (χ4v) is 3.22. The molecule has 2 heteroatoms. The van der Waals surface area contributed by atoms with Gasteiger partial charge >= 0.3 is 0 Å². The number of rotatable bonds is 0. The highest BCUT2D eigenvalue weighted by Crippen LogP contribution is 2.40. The summed E-state index contributed by atoms with van der Waals surface area (Å²) >= 11 is 0. The molecule has 0 aliphatic carbocycles. The number of nitrogens with zero attached hydrogens (tertiary/aromatic N) is 2. The summed E-state index contributed by atoms with van der Waals surface area (Å²) < 4.78 is 0. The Balaban J connectivity index is 2.03. The Bertz CT molecular complexity index is 246. The molecule has 2 saturated heterocycles. The molecule has 2 rings (SSSR count). The van der Waals surface area contributed by atoms with Crippen LogP contribution in [-0.2, 0) is 0 Å². The topological polar surface area (TPSA) is 6.48 Å². The van der Waals surface area contributed by atoms with Gasteiger partial charge in [0.2, 0.25) is 0 Å². The van der Waals surface area contributed by atoms with Crippen molar-refractivity contribution in [3.8, 4) is 0 Å². The highest BCUT2D eigenvalue weighted by atomic mass is 15.4. The molecule has 0 N–H and O–H groups in total. The van der Waals surface area contributed by atoms with Gasteiger partial charge in [-0.25, -0.2) is 0 Å². The summed E-state index contributed by atoms with van der Waals surface area (Å²) in [7, 11) is 0. The summed E-state index contributed by atoms with van der Waals surface area (Å²) in [6, 6.07) is 1.65. The summed E-state index contributed by atoms with van der Waals surface area (Å²) in [4.78, 5) is 5.36. The first kappa shape index (κ1) is 11.4. The average molecular weight is 210 g/mol. The SMILES string of the molecule is CC(C)(C)N1CC[C@H]2[C@@H]1CN2C(C)(C)C. The molecule has 0 spiro atoms. The van der Waals surface area contributed by atoms with E-state index in [0.29, 0.717) is 11.1 Å². The lowest BCUT2D eigenvalue weighted by atomic mass is 9.88. The van der Waals surface area contributed by atoms with Gasteiger partial charge in [0.15, 0.2) is 0 Å². The third kappa shape index (κ3) is 1.83. The summed E-state index contributed by atoms with van der Waals surface area (Å²) in [6.45, 7) is 16.6. The van der Waals surface area contributed by atoms with Crippen LogP contribution in [0.2, 0.25) is 0 Å². The van der Waals surface area contributed by atoms with Gasteiger partial charge in [-0.3, -0.25) is 9.80 Å². The van der Waals surface area contributed by atoms with Gasteiger partial charge in [-0.15, -0.1) is 0 Å². The van der Waals surface area contributed by atoms with Crippen molar-refractivity contribution in [2.24, 2.45) is 0 Å². The van der Waals surface area contributed by atoms with Gasteiger partial charge in [-0.1, -0.05) is 0 Å². The second-order valence-electron chi connectivity index (χ2n) is 7.11. The molecule has 2 atom stereocenters. The summed E-state index contributed by atoms with van der Waals surface area (Å²) in [5.74, 6) is 0. The van der Waals surface area contributed by atoms with Crippen LogP contribution in [-0.4, -0.2) is 46.1 Å². The monoisotopic (exact) mass is 210 g/mol. The predicted molar refractivity (Wildman–Crippen MR) is 65.1 cm³/mol. The maximum absolute atomic E-state index is 2.69. The van der Waals surface area contributed by atoms with E-state index in [4.69, 9.17) is 0 Å². The molecule has 0 unspecified atom stereocenters. The van der Waals surface area contributed by atoms with E-state index in [-0.39, 0.29) is 0 Å². The lowest BCUT2D eigenvalue weighted by molar-refractivity contribution is -0.0613. The first-order chi connectivity index (χ1) is 6.71. The molecular weight excluding hydrogens is 184 g/mol. The summed E-state index contributed by atoms with van der Waals surface area (Å²) in [6.07, 6.45) is 1.36. The zero-order chi connectivity index (χ0) is 11.4. The number of fused-ring (bicyclic) bond motifs is 1. The standard InChI is InChI=1S/C13H26N2/c1-12(2,3)14-8-7-10-11(14)9-15(10)13(4,5)6/h10-11H,7-9H2,1-6H3/t10-,11-/m0/s1. The van der Waals surface area contributed by atoms with Gasteiger partial charge < -0.3 is 0 Å². The lowest BCUT2D eigenvalue weighted by Gasteiger charge is -2.55. The molecule has 88 valence electrons. The fourth-order valence-electron chi connectivity index (χ4n) is 3.22. The van der Waals surface area contributed by atoms with Crippen LogP contribution < -0.4 is 0 Å². The largest absolute Gasteiger partial charge is 0.293 e. The lowest BCUT2D eigenvalue weighted by Crippen LogP contribution is -2.68. The van der Waals surface area contributed by atoms with Crippen molar-refractivity contribution >= 4 is 0 Å². The second kappa shape index (κ2) is 3.21. The molecule has 2 aliphatic rings. The molecule has 2 fully saturated rings. The van der Waals surface area contributed by atoms with Gasteiger partial charge in [0.25, 0.3) is 0 Å². The molecule has 2 heterocycles. The van der Waals surface area contributed by atoms with Crippen molar-refractivity contribution in [2.45, 2.75) is 71.1 Å². The van der Waals surface area contributed by atoms with Crippen LogP contribution >= 0.6 is 0 Å². The summed E-state index contributed by atoms with van der Waals surface area (Å²) in [5, 5.41) is 0. The van der Waals surface area contributed by atoms with Gasteiger partial charge in [-0.2, -0.15) is 0 Å². The minimum absolute atomic E-state index is 0.351. The van der Waals surface area contributed by atoms with E-state index < -0.39 is 0 Å². The third-order valence-corrected chi connectivity index (χ3v) is 4.02. The van der Waals surface area contributed by atoms with Crippen LogP contribution in [0.1, 0.15) is 48.0 Å². The van der Waals surface area contributed by atoms with E-state index in [1.54, 1.807) is 0 Å². The van der Waals surface area contributed by atoms with E-state index in [2.05, 4.69) is 51.3 Å². The molecule has 0 aromatic heterocycles. The van der Waals surface area contributed by atoms with Crippen LogP contribution in [0.15, 0.2) is 0 Å². The van der Waals surface area contributed by atoms with Crippen molar-refractivity contribution in [3.05, 3.63) is 0 Å². The zero-order valence-electron chi connectivity index (χ0n) is 11.2. The van der Waals surface area contributed by atoms with Crippen LogP contribution in [0.4, 0.5) is 0 Å². The minimum atomic E-state index is 0.351. The molecule has 0 aromatic rings. The quantitative estimate of drug-likeness (QED) is 0.605. The molecule has 2 nitrogen and oxygen atoms in total. The Labute approximate surface area is 94.6 Å². The molecule has 0 saturated carbocycles. The zero-order valence-corrected chi connectivity index (χ0v) is 11.2. The number of hydrogen-bond acceptors (Lipinski definition) is 2. The Morgan fingerprint density at radius 3 is 1.80 bits per heavy atom. The Morgan fingerprint density at radius 1 is 0.800 bits per heavy atom. The first-order valence-corrected chi connectivity index (χ1v) is 6.25. The Morgan fingerprint density at radius 2 is 1.33 bits per heavy atom. The van der Waals surface area contributed by atoms with Crippen molar-refractivity contribution in [2.75, 3.05) is 13.1 Å². The average Bonchev–Trinajstić information content (AvgIpc) is 2.22. The van der Waals surface area contributed by atoms with E-state index in [1.165, 1.54) is 19.5 Å². The highest BCUT2D eigenvalue weighted by Gasteiger charge is 2.52. The third-order valence-electron chi connectivity index (χ3n) is 4.02. The Kier molecular flexibility index (Phi) is 2.44. The van der Waals surface area contributed by atoms with E-state index in [1.807, 2.05) is 0 Å². The first-order valence-electron chi connectivity index (χ1n) is 6.25. The van der Waals surface area contributed by atoms with E-state index in [0.717, 1.165) is 12.1 Å². The van der Waals surface area contributed by atoms with Crippen molar-refractivity contribution < 1.29 is 0 Å². The highest BCUT2D eigenvalue weighted by molar-refractivity contribution is 5.09. The van der Waals surface area contributed by atoms with Crippen molar-refractivity contribution in [1.82, 2.24) is 9.80 Å². The molecule has 0 radical (unpaired) electrons. The van der Waals surface area contributed by atoms with Crippen LogP contribution in [0.5, 0.6) is 0 Å². The normalized spacial score (nSPS) is 34.0. The van der Waals surface area contributed by atoms with Crippen LogP contribution in [0, 0.1) is 0 Å². The maximum atomic E-state index is 2.69. The number of likely N-dealkylation sites (tertiary alicyclic amines) is 2. The molecule has 2 aliphatic heterocycles. The summed E-state index contributed by atoms with van der Waals surface area (Å²) in [5.41, 5.74) is 0.707. The van der Waals surface area contributed by atoms with Gasteiger partial charge in [0.05, 0.1) is 0 Å². The fraction of sp³-hybridized carbons (Fsp3) is 1.00. The van der Waals surface area contributed by atoms with Crippen molar-refractivity contribution in [1.29, 1.82) is 0 Å². The van der Waals surface area contributed by atoms with E-state index in [9.17, 15) is 0 Å². The van der Waals surface area contributed by atoms with Gasteiger partial charge in [0, 0.05) is 36.3 Å². The van der Waals surface area contributed by atoms with Crippen LogP contribution in [0.25, 0.3) is 0 Å². The molecule has 0 aromatic carbocycles. The molecular formula is C13H26N2. The molecule has 15 heavy (non-hydrogen) atoms. The second-order valence-corrected chi connectivity index (χ2v) is 7.11. The predicted octanol–water partition coefficient (Wildman–Crippen LogP) is 2.34. The smallest absolute Gasteiger partial charge is 0.0385 e. The minimum Gasteiger partial charge on any atom is -0.293 e. The van der Waals surface area contributed by atoms with Crippen LogP contribution in [0.3, 0.4) is 0 Å². The van der Waals surface area contributed by atoms with Gasteiger partial charge in [0.1, 0.15) is 0 Å². The van der Waals surface area contributed by atoms with E-state index >= 15 is 0 Å². The molecule has 0 amide bonds. The number of hydrogen-bond donors (Lipinski definition) is 0. The van der Waals surface area contributed by atoms with Crippen molar-refractivity contribution in [3.63, 3.8) is 0 Å². The Hall–Kier alpha value is -0.0800. The van der Waals surface area contributed by atoms with Gasteiger partial charge in [-0.05, 0) is 48.0 Å². The maximum Gasteiger partial charge on any atom is 0.0385 e. The molecule has 0 bridgehead atoms.